The summed E-state index contributed by atoms with van der Waals surface area (Å²) in [7, 11) is -0.972. The molecule has 0 unspecified atom stereocenters. The van der Waals surface area contributed by atoms with Crippen LogP contribution in [-0.2, 0) is 0 Å². The summed E-state index contributed by atoms with van der Waals surface area (Å²) in [5.74, 6) is 0. The third kappa shape index (κ3) is 4.53. The van der Waals surface area contributed by atoms with Gasteiger partial charge in [-0.15, -0.1) is 0 Å². The summed E-state index contributed by atoms with van der Waals surface area (Å²) in [6.45, 7) is 0.483. The fraction of sp³-hybridized carbons (Fsp3) is 1.00. The normalized spacial score (nSPS) is 26.0. The van der Waals surface area contributed by atoms with Gasteiger partial charge in [-0.2, -0.15) is 0 Å². The van der Waals surface area contributed by atoms with Gasteiger partial charge in [0.15, 0.2) is 0 Å². The van der Waals surface area contributed by atoms with Gasteiger partial charge < -0.3 is 22.1 Å². The molecule has 3 rings (SSSR count). The van der Waals surface area contributed by atoms with Crippen LogP contribution >= 0.6 is 7.26 Å². The Kier molecular flexibility index (Phi) is 8.89. The molecule has 23 heavy (non-hydrogen) atoms. The van der Waals surface area contributed by atoms with Gasteiger partial charge in [-0.05, 0) is 77.0 Å². The first-order chi connectivity index (χ1) is 10.9. The predicted molar refractivity (Wildman–Crippen MR) is 99.5 cm³/mol. The first kappa shape index (κ1) is 20.2. The Morgan fingerprint density at radius 3 is 1.13 bits per heavy atom. The van der Waals surface area contributed by atoms with E-state index in [0.717, 1.165) is 17.0 Å². The topological polar surface area (TPSA) is 20.2 Å². The van der Waals surface area contributed by atoms with Crippen molar-refractivity contribution < 1.29 is 22.1 Å². The van der Waals surface area contributed by atoms with Crippen LogP contribution < -0.4 is 17.0 Å². The van der Waals surface area contributed by atoms with Gasteiger partial charge in [0, 0.05) is 7.26 Å². The standard InChI is InChI=1S/C20H38OP.BrH/c21-16-17-22(18-10-4-1-5-11-18,19-12-6-2-7-13-19)20-14-8-3-9-15-20;/h18-21H,1-17H2;1H/q+1;/p-1. The van der Waals surface area contributed by atoms with Crippen molar-refractivity contribution in [2.24, 2.45) is 0 Å². The molecule has 3 aliphatic carbocycles. The molecule has 0 aliphatic heterocycles. The van der Waals surface area contributed by atoms with E-state index in [1.807, 2.05) is 0 Å². The first-order valence-corrected chi connectivity index (χ1v) is 12.5. The molecule has 3 heteroatoms. The summed E-state index contributed by atoms with van der Waals surface area (Å²) < 4.78 is 0. The molecule has 1 N–H and O–H groups in total. The fourth-order valence-electron chi connectivity index (χ4n) is 6.30. The molecule has 0 aromatic rings. The SMILES string of the molecule is OCC[P+](C1CCCCC1)(C1CCCCC1)C1CCCCC1.[Br-]. The van der Waals surface area contributed by atoms with Crippen molar-refractivity contribution in [2.45, 2.75) is 113 Å². The van der Waals surface area contributed by atoms with Crippen molar-refractivity contribution >= 4 is 7.26 Å². The molecular weight excluding hydrogens is 367 g/mol. The molecule has 0 heterocycles. The Hall–Kier alpha value is 0.870. The average Bonchev–Trinajstić information content (AvgIpc) is 2.62. The van der Waals surface area contributed by atoms with Gasteiger partial charge in [-0.25, -0.2) is 0 Å². The minimum absolute atomic E-state index is 0. The summed E-state index contributed by atoms with van der Waals surface area (Å²) >= 11 is 0. The molecular formula is C20H38BrOP. The monoisotopic (exact) mass is 404 g/mol. The maximum absolute atomic E-state index is 10.0. The van der Waals surface area contributed by atoms with E-state index < -0.39 is 7.26 Å². The molecule has 3 aliphatic rings. The Labute approximate surface area is 155 Å². The summed E-state index contributed by atoms with van der Waals surface area (Å²) in [5.41, 5.74) is 3.12. The van der Waals surface area contributed by atoms with Gasteiger partial charge in [-0.3, -0.25) is 0 Å². The van der Waals surface area contributed by atoms with E-state index in [0.29, 0.717) is 6.61 Å². The lowest BCUT2D eigenvalue weighted by Gasteiger charge is -2.48. The number of halogens is 1. The van der Waals surface area contributed by atoms with E-state index in [9.17, 15) is 5.11 Å². The highest BCUT2D eigenvalue weighted by atomic mass is 79.9. The molecule has 0 radical (unpaired) electrons. The average molecular weight is 405 g/mol. The highest BCUT2D eigenvalue weighted by Gasteiger charge is 2.56. The fourth-order valence-corrected chi connectivity index (χ4v) is 13.5. The second kappa shape index (κ2) is 10.1. The lowest BCUT2D eigenvalue weighted by molar-refractivity contribution is -0.00000580. The largest absolute Gasteiger partial charge is 1.00 e. The molecule has 0 atom stereocenters. The van der Waals surface area contributed by atoms with E-state index in [1.165, 1.54) is 102 Å². The molecule has 0 saturated heterocycles. The molecule has 3 fully saturated rings. The highest BCUT2D eigenvalue weighted by Crippen LogP contribution is 2.76. The lowest BCUT2D eigenvalue weighted by Crippen LogP contribution is -3.00. The van der Waals surface area contributed by atoms with Gasteiger partial charge in [0.2, 0.25) is 0 Å². The zero-order chi connectivity index (χ0) is 15.3. The van der Waals surface area contributed by atoms with E-state index in [-0.39, 0.29) is 17.0 Å². The molecule has 0 amide bonds. The van der Waals surface area contributed by atoms with Crippen LogP contribution in [0.2, 0.25) is 0 Å². The quantitative estimate of drug-likeness (QED) is 0.698. The van der Waals surface area contributed by atoms with Gasteiger partial charge in [0.25, 0.3) is 0 Å². The maximum atomic E-state index is 10.0. The van der Waals surface area contributed by atoms with E-state index in [2.05, 4.69) is 0 Å². The van der Waals surface area contributed by atoms with Crippen molar-refractivity contribution in [3.8, 4) is 0 Å². The molecule has 136 valence electrons. The van der Waals surface area contributed by atoms with Crippen molar-refractivity contribution in [2.75, 3.05) is 12.8 Å². The molecule has 3 saturated carbocycles. The van der Waals surface area contributed by atoms with Gasteiger partial charge in [-0.1, -0.05) is 19.3 Å². The number of aliphatic hydroxyl groups excluding tert-OH is 1. The summed E-state index contributed by atoms with van der Waals surface area (Å²) in [5, 5.41) is 10.0. The number of hydrogen-bond donors (Lipinski definition) is 1. The molecule has 0 spiro atoms. The van der Waals surface area contributed by atoms with Gasteiger partial charge >= 0.3 is 0 Å². The third-order valence-electron chi connectivity index (χ3n) is 7.25. The van der Waals surface area contributed by atoms with Crippen LogP contribution in [0.15, 0.2) is 0 Å². The summed E-state index contributed by atoms with van der Waals surface area (Å²) in [4.78, 5) is 0. The second-order valence-electron chi connectivity index (χ2n) is 8.32. The first-order valence-electron chi connectivity index (χ1n) is 10.4. The second-order valence-corrected chi connectivity index (χ2v) is 12.9. The van der Waals surface area contributed by atoms with E-state index in [1.54, 1.807) is 0 Å². The van der Waals surface area contributed by atoms with Crippen LogP contribution in [-0.4, -0.2) is 34.9 Å². The summed E-state index contributed by atoms with van der Waals surface area (Å²) in [6.07, 6.45) is 23.6. The van der Waals surface area contributed by atoms with Crippen molar-refractivity contribution in [3.63, 3.8) is 0 Å². The molecule has 1 nitrogen and oxygen atoms in total. The Balaban J connectivity index is 0.00000192. The number of aliphatic hydroxyl groups is 1. The zero-order valence-corrected chi connectivity index (χ0v) is 17.5. The third-order valence-corrected chi connectivity index (χ3v) is 13.9. The minimum atomic E-state index is -0.972. The highest BCUT2D eigenvalue weighted by molar-refractivity contribution is 7.77. The van der Waals surface area contributed by atoms with Crippen molar-refractivity contribution in [1.29, 1.82) is 0 Å². The summed E-state index contributed by atoms with van der Waals surface area (Å²) in [6, 6.07) is 0. The van der Waals surface area contributed by atoms with E-state index >= 15 is 0 Å². The van der Waals surface area contributed by atoms with E-state index in [4.69, 9.17) is 0 Å². The smallest absolute Gasteiger partial charge is 0.0833 e. The van der Waals surface area contributed by atoms with Gasteiger partial charge in [0.1, 0.15) is 0 Å². The van der Waals surface area contributed by atoms with Crippen LogP contribution in [0.4, 0.5) is 0 Å². The van der Waals surface area contributed by atoms with Crippen molar-refractivity contribution in [3.05, 3.63) is 0 Å². The number of hydrogen-bond acceptors (Lipinski definition) is 1. The zero-order valence-electron chi connectivity index (χ0n) is 15.0. The predicted octanol–water partition coefficient (Wildman–Crippen LogP) is 3.00. The van der Waals surface area contributed by atoms with Crippen molar-refractivity contribution in [1.82, 2.24) is 0 Å². The molecule has 0 aromatic heterocycles. The molecule has 0 aromatic carbocycles. The van der Waals surface area contributed by atoms with Gasteiger partial charge in [0.05, 0.1) is 29.7 Å². The van der Waals surface area contributed by atoms with Crippen LogP contribution in [0.3, 0.4) is 0 Å². The van der Waals surface area contributed by atoms with Crippen LogP contribution in [0, 0.1) is 0 Å². The number of rotatable bonds is 5. The Morgan fingerprint density at radius 2 is 0.870 bits per heavy atom. The lowest BCUT2D eigenvalue weighted by atomic mass is 9.99. The maximum Gasteiger partial charge on any atom is 0.0833 e. The Morgan fingerprint density at radius 1 is 0.565 bits per heavy atom. The Bertz CT molecular complexity index is 272. The van der Waals surface area contributed by atoms with Crippen LogP contribution in [0.5, 0.6) is 0 Å². The molecule has 0 bridgehead atoms. The van der Waals surface area contributed by atoms with Crippen LogP contribution in [0.25, 0.3) is 0 Å². The minimum Gasteiger partial charge on any atom is -1.00 e. The van der Waals surface area contributed by atoms with Crippen LogP contribution in [0.1, 0.15) is 96.3 Å².